The summed E-state index contributed by atoms with van der Waals surface area (Å²) in [6.45, 7) is 1.73. The topological polar surface area (TPSA) is 142 Å². The van der Waals surface area contributed by atoms with Crippen LogP contribution in [-0.2, 0) is 9.47 Å². The summed E-state index contributed by atoms with van der Waals surface area (Å²) in [7, 11) is 1.44. The molecule has 0 saturated carbocycles. The number of nitro benzene ring substituents is 2. The number of carboxylic acid groups (broad SMARTS) is 1. The molecule has 0 spiro atoms. The highest BCUT2D eigenvalue weighted by Gasteiger charge is 2.30. The van der Waals surface area contributed by atoms with E-state index in [1.807, 2.05) is 0 Å². The number of carboxylic acids is 1. The molecule has 0 heterocycles. The van der Waals surface area contributed by atoms with E-state index in [2.05, 4.69) is 0 Å². The molecule has 1 atom stereocenters. The lowest BCUT2D eigenvalue weighted by atomic mass is 10.00. The molecule has 10 heteroatoms. The molecule has 0 aliphatic carbocycles. The first-order valence-corrected chi connectivity index (χ1v) is 6.10. The van der Waals surface area contributed by atoms with Crippen LogP contribution in [0.2, 0.25) is 0 Å². The predicted molar refractivity (Wildman–Crippen MR) is 73.0 cm³/mol. The number of non-ortho nitro benzene ring substituents is 1. The van der Waals surface area contributed by atoms with Crippen molar-refractivity contribution in [2.24, 2.45) is 0 Å². The van der Waals surface area contributed by atoms with Gasteiger partial charge in [0.1, 0.15) is 0 Å². The number of ether oxygens (including phenoxy) is 2. The van der Waals surface area contributed by atoms with Gasteiger partial charge in [-0.1, -0.05) is 0 Å². The zero-order valence-corrected chi connectivity index (χ0v) is 11.8. The van der Waals surface area contributed by atoms with Crippen LogP contribution in [0, 0.1) is 20.2 Å². The Hall–Kier alpha value is -2.59. The van der Waals surface area contributed by atoms with Crippen LogP contribution in [0.1, 0.15) is 28.9 Å². The van der Waals surface area contributed by atoms with E-state index in [0.717, 1.165) is 12.1 Å². The van der Waals surface area contributed by atoms with E-state index in [4.69, 9.17) is 9.47 Å². The van der Waals surface area contributed by atoms with Crippen molar-refractivity contribution >= 4 is 17.3 Å². The Morgan fingerprint density at radius 2 is 1.91 bits per heavy atom. The normalized spacial score (nSPS) is 11.9. The number of aromatic carboxylic acids is 1. The second kappa shape index (κ2) is 7.43. The highest BCUT2D eigenvalue weighted by atomic mass is 16.6. The third-order valence-electron chi connectivity index (χ3n) is 2.84. The molecule has 0 aliphatic rings. The van der Waals surface area contributed by atoms with Gasteiger partial charge in [0.15, 0.2) is 0 Å². The van der Waals surface area contributed by atoms with Gasteiger partial charge in [-0.3, -0.25) is 20.2 Å². The molecular formula is C12H14N2O8. The largest absolute Gasteiger partial charge is 0.478 e. The van der Waals surface area contributed by atoms with Crippen molar-refractivity contribution in [2.75, 3.05) is 20.3 Å². The molecule has 1 unspecified atom stereocenters. The Morgan fingerprint density at radius 1 is 1.27 bits per heavy atom. The standard InChI is InChI=1S/C12H14N2O8/c1-7(22-4-3-21-2)11-9(12(15)16)5-8(13(17)18)6-10(11)14(19)20/h5-7H,3-4H2,1-2H3,(H,15,16). The number of methoxy groups -OCH3 is 1. The van der Waals surface area contributed by atoms with Crippen molar-refractivity contribution in [3.8, 4) is 0 Å². The highest BCUT2D eigenvalue weighted by Crippen LogP contribution is 2.34. The van der Waals surface area contributed by atoms with Gasteiger partial charge in [-0.15, -0.1) is 0 Å². The van der Waals surface area contributed by atoms with Gasteiger partial charge in [-0.25, -0.2) is 4.79 Å². The third kappa shape index (κ3) is 3.96. The van der Waals surface area contributed by atoms with Crippen LogP contribution < -0.4 is 0 Å². The Morgan fingerprint density at radius 3 is 2.36 bits per heavy atom. The molecule has 22 heavy (non-hydrogen) atoms. The van der Waals surface area contributed by atoms with E-state index in [-0.39, 0.29) is 18.8 Å². The summed E-state index contributed by atoms with van der Waals surface area (Å²) in [6, 6.07) is 1.50. The van der Waals surface area contributed by atoms with E-state index in [0.29, 0.717) is 0 Å². The molecule has 0 aromatic heterocycles. The average Bonchev–Trinajstić information content (AvgIpc) is 2.45. The summed E-state index contributed by atoms with van der Waals surface area (Å²) in [5.74, 6) is -1.51. The average molecular weight is 314 g/mol. The van der Waals surface area contributed by atoms with Crippen LogP contribution in [0.15, 0.2) is 12.1 Å². The molecule has 0 saturated heterocycles. The quantitative estimate of drug-likeness (QED) is 0.435. The first-order valence-electron chi connectivity index (χ1n) is 6.10. The molecule has 0 amide bonds. The van der Waals surface area contributed by atoms with Crippen LogP contribution >= 0.6 is 0 Å². The fourth-order valence-electron chi connectivity index (χ4n) is 1.88. The third-order valence-corrected chi connectivity index (χ3v) is 2.84. The number of hydrogen-bond donors (Lipinski definition) is 1. The van der Waals surface area contributed by atoms with Gasteiger partial charge in [0.25, 0.3) is 11.4 Å². The maximum Gasteiger partial charge on any atom is 0.336 e. The van der Waals surface area contributed by atoms with Crippen LogP contribution in [0.3, 0.4) is 0 Å². The number of carbonyl (C=O) groups is 1. The van der Waals surface area contributed by atoms with Crippen molar-refractivity contribution < 1.29 is 29.2 Å². The lowest BCUT2D eigenvalue weighted by Crippen LogP contribution is -2.13. The van der Waals surface area contributed by atoms with Gasteiger partial charge < -0.3 is 14.6 Å². The van der Waals surface area contributed by atoms with E-state index in [1.54, 1.807) is 0 Å². The van der Waals surface area contributed by atoms with Gasteiger partial charge in [0.2, 0.25) is 0 Å². The first kappa shape index (κ1) is 17.5. The van der Waals surface area contributed by atoms with Gasteiger partial charge in [-0.05, 0) is 6.92 Å². The maximum atomic E-state index is 11.3. The fraction of sp³-hybridized carbons (Fsp3) is 0.417. The Kier molecular flexibility index (Phi) is 5.90. The lowest BCUT2D eigenvalue weighted by molar-refractivity contribution is -0.395. The summed E-state index contributed by atoms with van der Waals surface area (Å²) in [5.41, 5.74) is -2.10. The second-order valence-corrected chi connectivity index (χ2v) is 4.25. The van der Waals surface area contributed by atoms with Gasteiger partial charge >= 0.3 is 5.97 Å². The molecule has 1 N–H and O–H groups in total. The van der Waals surface area contributed by atoms with Crippen molar-refractivity contribution in [1.82, 2.24) is 0 Å². The second-order valence-electron chi connectivity index (χ2n) is 4.25. The minimum atomic E-state index is -1.51. The van der Waals surface area contributed by atoms with E-state index in [1.165, 1.54) is 14.0 Å². The molecule has 1 rings (SSSR count). The SMILES string of the molecule is COCCOC(C)c1c(C(=O)O)cc([N+](=O)[O-])cc1[N+](=O)[O-]. The smallest absolute Gasteiger partial charge is 0.336 e. The maximum absolute atomic E-state index is 11.3. The summed E-state index contributed by atoms with van der Waals surface area (Å²) in [4.78, 5) is 31.4. The monoisotopic (exact) mass is 314 g/mol. The minimum Gasteiger partial charge on any atom is -0.478 e. The van der Waals surface area contributed by atoms with Crippen LogP contribution in [0.4, 0.5) is 11.4 Å². The fourth-order valence-corrected chi connectivity index (χ4v) is 1.88. The summed E-state index contributed by atoms with van der Waals surface area (Å²) in [5, 5.41) is 31.1. The zero-order valence-electron chi connectivity index (χ0n) is 11.8. The molecule has 0 aliphatic heterocycles. The molecule has 10 nitrogen and oxygen atoms in total. The van der Waals surface area contributed by atoms with E-state index in [9.17, 15) is 30.1 Å². The van der Waals surface area contributed by atoms with E-state index < -0.39 is 38.9 Å². The van der Waals surface area contributed by atoms with E-state index >= 15 is 0 Å². The number of hydrogen-bond acceptors (Lipinski definition) is 7. The number of nitro groups is 2. The zero-order chi connectivity index (χ0) is 16.9. The first-order chi connectivity index (χ1) is 10.3. The number of rotatable bonds is 8. The van der Waals surface area contributed by atoms with Crippen LogP contribution in [0.5, 0.6) is 0 Å². The van der Waals surface area contributed by atoms with Crippen molar-refractivity contribution in [3.63, 3.8) is 0 Å². The Labute approximate surface area is 124 Å². The summed E-state index contributed by atoms with van der Waals surface area (Å²) in [6.07, 6.45) is -0.942. The Bertz CT molecular complexity index is 566. The van der Waals surface area contributed by atoms with Crippen LogP contribution in [-0.4, -0.2) is 41.2 Å². The lowest BCUT2D eigenvalue weighted by Gasteiger charge is -2.15. The van der Waals surface area contributed by atoms with Gasteiger partial charge in [0, 0.05) is 13.2 Å². The van der Waals surface area contributed by atoms with Crippen molar-refractivity contribution in [3.05, 3.63) is 43.5 Å². The Balaban J connectivity index is 3.41. The molecule has 1 aromatic rings. The van der Waals surface area contributed by atoms with Crippen molar-refractivity contribution in [1.29, 1.82) is 0 Å². The van der Waals surface area contributed by atoms with Gasteiger partial charge in [-0.2, -0.15) is 0 Å². The predicted octanol–water partition coefficient (Wildman–Crippen LogP) is 1.93. The molecule has 0 bridgehead atoms. The number of benzene rings is 1. The molecule has 1 aromatic carbocycles. The molecule has 0 fully saturated rings. The number of nitrogens with zero attached hydrogens (tertiary/aromatic N) is 2. The minimum absolute atomic E-state index is 0.0882. The summed E-state index contributed by atoms with van der Waals surface area (Å²) >= 11 is 0. The molecule has 0 radical (unpaired) electrons. The van der Waals surface area contributed by atoms with Crippen molar-refractivity contribution in [2.45, 2.75) is 13.0 Å². The molecular weight excluding hydrogens is 300 g/mol. The molecule has 120 valence electrons. The van der Waals surface area contributed by atoms with Gasteiger partial charge in [0.05, 0.1) is 46.4 Å². The summed E-state index contributed by atoms with van der Waals surface area (Å²) < 4.78 is 10.1. The highest BCUT2D eigenvalue weighted by molar-refractivity contribution is 5.92. The van der Waals surface area contributed by atoms with Crippen LogP contribution in [0.25, 0.3) is 0 Å².